The first kappa shape index (κ1) is 25.5. The van der Waals surface area contributed by atoms with Crippen LogP contribution in [0.5, 0.6) is 11.5 Å². The molecule has 0 radical (unpaired) electrons. The number of alkyl carbamates (subject to hydrolysis) is 1. The van der Waals surface area contributed by atoms with Gasteiger partial charge in [-0.1, -0.05) is 60.7 Å². The van der Waals surface area contributed by atoms with Gasteiger partial charge in [-0.25, -0.2) is 14.4 Å². The van der Waals surface area contributed by atoms with Gasteiger partial charge >= 0.3 is 17.7 Å². The normalized spacial score (nSPS) is 11.6. The van der Waals surface area contributed by atoms with Gasteiger partial charge in [-0.3, -0.25) is 0 Å². The summed E-state index contributed by atoms with van der Waals surface area (Å²) in [6, 6.07) is 27.4. The number of esters is 1. The Labute approximate surface area is 223 Å². The number of hydrogen-bond acceptors (Lipinski definition) is 7. The molecule has 39 heavy (non-hydrogen) atoms. The Bertz CT molecular complexity index is 1680. The molecule has 1 N–H and O–H groups in total. The van der Waals surface area contributed by atoms with E-state index in [-0.39, 0.29) is 24.4 Å². The third kappa shape index (κ3) is 6.07. The van der Waals surface area contributed by atoms with E-state index in [1.807, 2.05) is 60.7 Å². The van der Waals surface area contributed by atoms with Gasteiger partial charge in [0.2, 0.25) is 0 Å². The maximum absolute atomic E-state index is 13.2. The highest BCUT2D eigenvalue weighted by atomic mass is 16.6. The quantitative estimate of drug-likeness (QED) is 0.126. The number of carbonyl (C=O) groups is 2. The molecular formula is C31H25NO7. The fraction of sp³-hybridized carbons (Fsp3) is 0.129. The predicted molar refractivity (Wildman–Crippen MR) is 146 cm³/mol. The molecule has 0 aliphatic carbocycles. The van der Waals surface area contributed by atoms with Gasteiger partial charge in [0.25, 0.3) is 0 Å². The highest BCUT2D eigenvalue weighted by molar-refractivity contribution is 6.05. The average Bonchev–Trinajstić information content (AvgIpc) is 2.96. The van der Waals surface area contributed by atoms with E-state index in [2.05, 4.69) is 5.32 Å². The molecule has 1 aromatic heterocycles. The number of carbonyl (C=O) groups excluding carboxylic acids is 2. The Balaban J connectivity index is 1.36. The lowest BCUT2D eigenvalue weighted by Crippen LogP contribution is -2.44. The van der Waals surface area contributed by atoms with Crippen molar-refractivity contribution in [2.24, 2.45) is 0 Å². The molecule has 0 fully saturated rings. The summed E-state index contributed by atoms with van der Waals surface area (Å²) in [6.07, 6.45) is -0.557. The van der Waals surface area contributed by atoms with Crippen molar-refractivity contribution < 1.29 is 28.2 Å². The Morgan fingerprint density at radius 1 is 0.795 bits per heavy atom. The molecule has 8 heteroatoms. The third-order valence-electron chi connectivity index (χ3n) is 6.18. The molecule has 1 heterocycles. The first-order valence-electron chi connectivity index (χ1n) is 12.3. The second-order valence-electron chi connectivity index (χ2n) is 8.83. The largest absolute Gasteiger partial charge is 0.497 e. The van der Waals surface area contributed by atoms with Gasteiger partial charge in [-0.2, -0.15) is 0 Å². The molecule has 5 rings (SSSR count). The highest BCUT2D eigenvalue weighted by Gasteiger charge is 2.25. The van der Waals surface area contributed by atoms with E-state index < -0.39 is 23.7 Å². The van der Waals surface area contributed by atoms with Crippen LogP contribution >= 0.6 is 0 Å². The SMILES string of the molecule is COc1ccc2c(c1)c(=O)oc1cc(OC(=O)[C@H](Cc3ccccc3)NC(=O)OCc3ccccc3)ccc12. The summed E-state index contributed by atoms with van der Waals surface area (Å²) in [4.78, 5) is 38.4. The summed E-state index contributed by atoms with van der Waals surface area (Å²) in [5.74, 6) is 0.0164. The maximum atomic E-state index is 13.2. The van der Waals surface area contributed by atoms with Gasteiger partial charge in [-0.15, -0.1) is 0 Å². The van der Waals surface area contributed by atoms with E-state index in [1.165, 1.54) is 13.2 Å². The van der Waals surface area contributed by atoms with Gasteiger partial charge in [-0.05, 0) is 41.5 Å². The standard InChI is InChI=1S/C31H25NO7/c1-36-22-12-14-24-25-15-13-23(18-28(25)39-29(33)26(24)17-22)38-30(34)27(16-20-8-4-2-5-9-20)32-31(35)37-19-21-10-6-3-7-11-21/h2-15,17-18,27H,16,19H2,1H3,(H,32,35)/t27-/m0/s1. The zero-order valence-electron chi connectivity index (χ0n) is 21.1. The molecule has 1 amide bonds. The lowest BCUT2D eigenvalue weighted by molar-refractivity contribution is -0.136. The molecule has 8 nitrogen and oxygen atoms in total. The first-order chi connectivity index (χ1) is 19.0. The smallest absolute Gasteiger partial charge is 0.408 e. The third-order valence-corrected chi connectivity index (χ3v) is 6.18. The molecule has 0 bridgehead atoms. The van der Waals surface area contributed by atoms with Crippen LogP contribution < -0.4 is 20.4 Å². The number of ether oxygens (including phenoxy) is 3. The Kier molecular flexibility index (Phi) is 7.54. The monoisotopic (exact) mass is 523 g/mol. The van der Waals surface area contributed by atoms with E-state index in [0.29, 0.717) is 21.9 Å². The fourth-order valence-corrected chi connectivity index (χ4v) is 4.22. The number of rotatable bonds is 8. The van der Waals surface area contributed by atoms with Crippen LogP contribution in [-0.2, 0) is 22.6 Å². The van der Waals surface area contributed by atoms with E-state index >= 15 is 0 Å². The van der Waals surface area contributed by atoms with Gasteiger partial charge in [0.15, 0.2) is 0 Å². The molecule has 196 valence electrons. The minimum atomic E-state index is -1.03. The van der Waals surface area contributed by atoms with Crippen molar-refractivity contribution in [2.45, 2.75) is 19.1 Å². The van der Waals surface area contributed by atoms with E-state index in [4.69, 9.17) is 18.6 Å². The van der Waals surface area contributed by atoms with Gasteiger partial charge in [0.1, 0.15) is 29.7 Å². The number of nitrogens with one attached hydrogen (secondary N) is 1. The lowest BCUT2D eigenvalue weighted by atomic mass is 10.1. The van der Waals surface area contributed by atoms with Gasteiger partial charge in [0, 0.05) is 23.3 Å². The van der Waals surface area contributed by atoms with E-state index in [9.17, 15) is 14.4 Å². The van der Waals surface area contributed by atoms with Crippen molar-refractivity contribution in [2.75, 3.05) is 7.11 Å². The number of methoxy groups -OCH3 is 1. The van der Waals surface area contributed by atoms with Gasteiger partial charge in [0.05, 0.1) is 12.5 Å². The average molecular weight is 524 g/mol. The Morgan fingerprint density at radius 2 is 1.46 bits per heavy atom. The Hall–Kier alpha value is -5.11. The zero-order valence-corrected chi connectivity index (χ0v) is 21.1. The molecule has 4 aromatic carbocycles. The number of benzene rings is 4. The predicted octanol–water partition coefficient (Wildman–Crippen LogP) is 5.40. The molecule has 0 saturated heterocycles. The van der Waals surface area contributed by atoms with Crippen LogP contribution in [-0.4, -0.2) is 25.2 Å². The number of amides is 1. The van der Waals surface area contributed by atoms with Crippen LogP contribution in [0.3, 0.4) is 0 Å². The van der Waals surface area contributed by atoms with Gasteiger partial charge < -0.3 is 23.9 Å². The topological polar surface area (TPSA) is 104 Å². The molecule has 0 spiro atoms. The van der Waals surface area contributed by atoms with Crippen LogP contribution in [0.4, 0.5) is 4.79 Å². The molecule has 0 unspecified atom stereocenters. The lowest BCUT2D eigenvalue weighted by Gasteiger charge is -2.18. The summed E-state index contributed by atoms with van der Waals surface area (Å²) < 4.78 is 21.6. The molecule has 0 aliphatic rings. The minimum Gasteiger partial charge on any atom is -0.497 e. The molecular weight excluding hydrogens is 498 g/mol. The summed E-state index contributed by atoms with van der Waals surface area (Å²) >= 11 is 0. The second kappa shape index (κ2) is 11.5. The van der Waals surface area contributed by atoms with Crippen LogP contribution in [0.1, 0.15) is 11.1 Å². The maximum Gasteiger partial charge on any atom is 0.408 e. The Morgan fingerprint density at radius 3 is 2.18 bits per heavy atom. The summed E-state index contributed by atoms with van der Waals surface area (Å²) in [5.41, 5.74) is 1.37. The van der Waals surface area contributed by atoms with Crippen molar-refractivity contribution in [3.63, 3.8) is 0 Å². The highest BCUT2D eigenvalue weighted by Crippen LogP contribution is 2.28. The van der Waals surface area contributed by atoms with E-state index in [0.717, 1.165) is 11.1 Å². The molecule has 0 aliphatic heterocycles. The fourth-order valence-electron chi connectivity index (χ4n) is 4.22. The first-order valence-corrected chi connectivity index (χ1v) is 12.3. The van der Waals surface area contributed by atoms with E-state index in [1.54, 1.807) is 30.3 Å². The van der Waals surface area contributed by atoms with Crippen molar-refractivity contribution in [3.05, 3.63) is 119 Å². The summed E-state index contributed by atoms with van der Waals surface area (Å²) in [7, 11) is 1.52. The van der Waals surface area contributed by atoms with Crippen LogP contribution in [0.2, 0.25) is 0 Å². The summed E-state index contributed by atoms with van der Waals surface area (Å²) in [5, 5.41) is 4.36. The van der Waals surface area contributed by atoms with Crippen LogP contribution in [0, 0.1) is 0 Å². The zero-order chi connectivity index (χ0) is 27.2. The second-order valence-corrected chi connectivity index (χ2v) is 8.83. The number of hydrogen-bond donors (Lipinski definition) is 1. The van der Waals surface area contributed by atoms with Crippen molar-refractivity contribution in [1.29, 1.82) is 0 Å². The van der Waals surface area contributed by atoms with Crippen LogP contribution in [0.25, 0.3) is 21.7 Å². The van der Waals surface area contributed by atoms with Crippen molar-refractivity contribution in [1.82, 2.24) is 5.32 Å². The molecule has 0 saturated carbocycles. The van der Waals surface area contributed by atoms with Crippen molar-refractivity contribution in [3.8, 4) is 11.5 Å². The van der Waals surface area contributed by atoms with Crippen molar-refractivity contribution >= 4 is 33.8 Å². The minimum absolute atomic E-state index is 0.0588. The molecule has 5 aromatic rings. The number of fused-ring (bicyclic) bond motifs is 3. The summed E-state index contributed by atoms with van der Waals surface area (Å²) in [6.45, 7) is 0.0588. The van der Waals surface area contributed by atoms with Crippen LogP contribution in [0.15, 0.2) is 106 Å². The molecule has 1 atom stereocenters.